The smallest absolute Gasteiger partial charge is 0.0928 e. The predicted molar refractivity (Wildman–Crippen MR) is 64.3 cm³/mol. The Morgan fingerprint density at radius 1 is 1.47 bits per heavy atom. The Hall–Kier alpha value is -0.780. The minimum Gasteiger partial charge on any atom is -0.309 e. The summed E-state index contributed by atoms with van der Waals surface area (Å²) in [5.41, 5.74) is 2.41. The van der Waals surface area contributed by atoms with E-state index in [4.69, 9.17) is 0 Å². The minimum atomic E-state index is 0.295. The molecule has 0 saturated carbocycles. The molecule has 0 saturated heterocycles. The molecule has 0 aliphatic rings. The van der Waals surface area contributed by atoms with Gasteiger partial charge in [-0.05, 0) is 46.9 Å². The van der Waals surface area contributed by atoms with Crippen LogP contribution in [0.3, 0.4) is 0 Å². The summed E-state index contributed by atoms with van der Waals surface area (Å²) < 4.78 is 3.91. The number of rotatable bonds is 5. The summed E-state index contributed by atoms with van der Waals surface area (Å²) in [4.78, 5) is 0. The maximum Gasteiger partial charge on any atom is 0.0928 e. The molecule has 0 spiro atoms. The van der Waals surface area contributed by atoms with Crippen LogP contribution in [0, 0.1) is 0 Å². The van der Waals surface area contributed by atoms with Crippen LogP contribution in [0.1, 0.15) is 24.2 Å². The summed E-state index contributed by atoms with van der Waals surface area (Å²) in [5, 5.41) is 13.9. The van der Waals surface area contributed by atoms with Crippen LogP contribution >= 0.6 is 22.9 Å². The number of aromatic nitrogens is 2. The Morgan fingerprint density at radius 3 is 3.00 bits per heavy atom. The summed E-state index contributed by atoms with van der Waals surface area (Å²) in [7, 11) is 0. The van der Waals surface area contributed by atoms with Crippen LogP contribution in [-0.2, 0) is 6.42 Å². The summed E-state index contributed by atoms with van der Waals surface area (Å²) >= 11 is 3.14. The summed E-state index contributed by atoms with van der Waals surface area (Å²) in [5.74, 6) is 0. The van der Waals surface area contributed by atoms with Gasteiger partial charge in [-0.25, -0.2) is 0 Å². The van der Waals surface area contributed by atoms with Gasteiger partial charge in [-0.3, -0.25) is 0 Å². The maximum atomic E-state index is 4.13. The van der Waals surface area contributed by atoms with Crippen LogP contribution in [0.4, 0.5) is 0 Å². The van der Waals surface area contributed by atoms with Crippen molar-refractivity contribution in [3.63, 3.8) is 0 Å². The monoisotopic (exact) mass is 239 g/mol. The van der Waals surface area contributed by atoms with E-state index in [9.17, 15) is 0 Å². The van der Waals surface area contributed by atoms with Gasteiger partial charge >= 0.3 is 0 Å². The number of likely N-dealkylation sites (N-methyl/N-ethyl adjacent to an activating group) is 1. The molecule has 5 heteroatoms. The van der Waals surface area contributed by atoms with E-state index in [0.29, 0.717) is 6.04 Å². The Labute approximate surface area is 97.3 Å². The SMILES string of the molecule is CCNC(Cc1ccsc1)c1csnn1. The van der Waals surface area contributed by atoms with Crippen LogP contribution in [0.25, 0.3) is 0 Å². The van der Waals surface area contributed by atoms with Gasteiger partial charge in [0, 0.05) is 5.38 Å². The molecule has 2 aromatic rings. The normalized spacial score (nSPS) is 12.9. The molecule has 15 heavy (non-hydrogen) atoms. The zero-order valence-electron chi connectivity index (χ0n) is 8.51. The predicted octanol–water partition coefficient (Wildman–Crippen LogP) is 2.49. The van der Waals surface area contributed by atoms with Crippen LogP contribution in [-0.4, -0.2) is 16.1 Å². The molecule has 0 radical (unpaired) electrons. The number of thiophene rings is 1. The molecule has 0 aliphatic heterocycles. The van der Waals surface area contributed by atoms with Gasteiger partial charge in [0.1, 0.15) is 0 Å². The molecule has 0 amide bonds. The molecule has 0 fully saturated rings. The topological polar surface area (TPSA) is 37.8 Å². The fourth-order valence-electron chi connectivity index (χ4n) is 1.50. The second-order valence-corrected chi connectivity index (χ2v) is 4.67. The molecule has 1 atom stereocenters. The zero-order valence-corrected chi connectivity index (χ0v) is 10.1. The van der Waals surface area contributed by atoms with E-state index in [-0.39, 0.29) is 0 Å². The fraction of sp³-hybridized carbons (Fsp3) is 0.400. The highest BCUT2D eigenvalue weighted by Crippen LogP contribution is 2.18. The first-order valence-electron chi connectivity index (χ1n) is 4.91. The van der Waals surface area contributed by atoms with E-state index in [0.717, 1.165) is 18.7 Å². The van der Waals surface area contributed by atoms with Crippen molar-refractivity contribution >= 4 is 22.9 Å². The van der Waals surface area contributed by atoms with Crippen molar-refractivity contribution in [1.82, 2.24) is 14.9 Å². The van der Waals surface area contributed by atoms with E-state index < -0.39 is 0 Å². The quantitative estimate of drug-likeness (QED) is 0.871. The highest BCUT2D eigenvalue weighted by atomic mass is 32.1. The van der Waals surface area contributed by atoms with Gasteiger partial charge in [-0.1, -0.05) is 11.4 Å². The maximum absolute atomic E-state index is 4.13. The molecule has 80 valence electrons. The standard InChI is InChI=1S/C10H13N3S2/c1-2-11-9(10-7-15-13-12-10)5-8-3-4-14-6-8/h3-4,6-7,9,11H,2,5H2,1H3. The Kier molecular flexibility index (Phi) is 3.82. The minimum absolute atomic E-state index is 0.295. The number of nitrogens with one attached hydrogen (secondary N) is 1. The van der Waals surface area contributed by atoms with E-state index in [1.807, 2.05) is 5.38 Å². The van der Waals surface area contributed by atoms with E-state index in [2.05, 4.69) is 38.7 Å². The molecule has 0 bridgehead atoms. The van der Waals surface area contributed by atoms with Crippen molar-refractivity contribution in [2.45, 2.75) is 19.4 Å². The van der Waals surface area contributed by atoms with Crippen LogP contribution in [0.2, 0.25) is 0 Å². The zero-order chi connectivity index (χ0) is 10.5. The number of hydrogen-bond acceptors (Lipinski definition) is 5. The van der Waals surface area contributed by atoms with Crippen LogP contribution in [0.5, 0.6) is 0 Å². The third-order valence-corrected chi connectivity index (χ3v) is 3.46. The molecule has 2 heterocycles. The van der Waals surface area contributed by atoms with Gasteiger partial charge < -0.3 is 5.32 Å². The summed E-state index contributed by atoms with van der Waals surface area (Å²) in [6, 6.07) is 2.46. The number of hydrogen-bond donors (Lipinski definition) is 1. The first-order chi connectivity index (χ1) is 7.40. The molecule has 2 rings (SSSR count). The van der Waals surface area contributed by atoms with E-state index in [1.165, 1.54) is 17.1 Å². The first kappa shape index (κ1) is 10.7. The van der Waals surface area contributed by atoms with Crippen LogP contribution < -0.4 is 5.32 Å². The molecular formula is C10H13N3S2. The molecule has 0 aliphatic carbocycles. The lowest BCUT2D eigenvalue weighted by Crippen LogP contribution is -2.23. The lowest BCUT2D eigenvalue weighted by molar-refractivity contribution is 0.536. The van der Waals surface area contributed by atoms with Crippen molar-refractivity contribution in [1.29, 1.82) is 0 Å². The van der Waals surface area contributed by atoms with E-state index >= 15 is 0 Å². The highest BCUT2D eigenvalue weighted by molar-refractivity contribution is 7.08. The molecule has 2 aromatic heterocycles. The van der Waals surface area contributed by atoms with Crippen molar-refractivity contribution in [2.24, 2.45) is 0 Å². The van der Waals surface area contributed by atoms with Gasteiger partial charge in [-0.15, -0.1) is 5.10 Å². The molecule has 3 nitrogen and oxygen atoms in total. The lowest BCUT2D eigenvalue weighted by atomic mass is 10.1. The highest BCUT2D eigenvalue weighted by Gasteiger charge is 2.13. The van der Waals surface area contributed by atoms with Gasteiger partial charge in [0.15, 0.2) is 0 Å². The van der Waals surface area contributed by atoms with Crippen molar-refractivity contribution < 1.29 is 0 Å². The Morgan fingerprint density at radius 2 is 2.40 bits per heavy atom. The van der Waals surface area contributed by atoms with Gasteiger partial charge in [0.2, 0.25) is 0 Å². The van der Waals surface area contributed by atoms with Gasteiger partial charge in [0.05, 0.1) is 11.7 Å². The van der Waals surface area contributed by atoms with Gasteiger partial charge in [-0.2, -0.15) is 11.3 Å². The average Bonchev–Trinajstić information content (AvgIpc) is 2.89. The van der Waals surface area contributed by atoms with Crippen molar-refractivity contribution in [3.05, 3.63) is 33.5 Å². The second-order valence-electron chi connectivity index (χ2n) is 3.28. The lowest BCUT2D eigenvalue weighted by Gasteiger charge is -2.13. The Bertz CT molecular complexity index is 369. The molecular weight excluding hydrogens is 226 g/mol. The van der Waals surface area contributed by atoms with Crippen molar-refractivity contribution in [2.75, 3.05) is 6.54 Å². The van der Waals surface area contributed by atoms with Crippen LogP contribution in [0.15, 0.2) is 22.2 Å². The molecule has 0 aromatic carbocycles. The Balaban J connectivity index is 2.07. The van der Waals surface area contributed by atoms with Crippen molar-refractivity contribution in [3.8, 4) is 0 Å². The van der Waals surface area contributed by atoms with Gasteiger partial charge in [0.25, 0.3) is 0 Å². The summed E-state index contributed by atoms with van der Waals surface area (Å²) in [6.07, 6.45) is 0.989. The molecule has 1 N–H and O–H groups in total. The third-order valence-electron chi connectivity index (χ3n) is 2.20. The number of nitrogens with zero attached hydrogens (tertiary/aromatic N) is 2. The second kappa shape index (κ2) is 5.34. The average molecular weight is 239 g/mol. The van der Waals surface area contributed by atoms with E-state index in [1.54, 1.807) is 11.3 Å². The molecule has 1 unspecified atom stereocenters. The largest absolute Gasteiger partial charge is 0.309 e. The first-order valence-corrected chi connectivity index (χ1v) is 6.69. The third kappa shape index (κ3) is 2.84. The summed E-state index contributed by atoms with van der Waals surface area (Å²) in [6.45, 7) is 3.06. The fourth-order valence-corrected chi connectivity index (χ4v) is 2.69.